The third-order valence-corrected chi connectivity index (χ3v) is 4.48. The van der Waals surface area contributed by atoms with Gasteiger partial charge in [-0.2, -0.15) is 0 Å². The lowest BCUT2D eigenvalue weighted by Crippen LogP contribution is -2.52. The van der Waals surface area contributed by atoms with Crippen LogP contribution in [0.15, 0.2) is 0 Å². The predicted molar refractivity (Wildman–Crippen MR) is 82.1 cm³/mol. The van der Waals surface area contributed by atoms with Gasteiger partial charge in [0.25, 0.3) is 0 Å². The predicted octanol–water partition coefficient (Wildman–Crippen LogP) is 1.11. The number of carbonyl (C=O) groups is 3. The molecular formula is C15H25N3O5. The molecule has 0 radical (unpaired) electrons. The van der Waals surface area contributed by atoms with Crippen LogP contribution in [0, 0.1) is 5.92 Å². The molecule has 0 aromatic rings. The number of likely N-dealkylation sites (tertiary alicyclic amines) is 2. The van der Waals surface area contributed by atoms with Crippen molar-refractivity contribution in [1.29, 1.82) is 0 Å². The van der Waals surface area contributed by atoms with Crippen LogP contribution in [-0.2, 0) is 9.53 Å². The number of carbonyl (C=O) groups excluding carboxylic acids is 2. The Hall–Kier alpha value is -1.99. The molecule has 2 aliphatic rings. The Kier molecular flexibility index (Phi) is 6.06. The minimum Gasteiger partial charge on any atom is -0.481 e. The van der Waals surface area contributed by atoms with Crippen molar-refractivity contribution in [2.45, 2.75) is 38.6 Å². The van der Waals surface area contributed by atoms with Crippen molar-refractivity contribution in [3.63, 3.8) is 0 Å². The van der Waals surface area contributed by atoms with Gasteiger partial charge in [-0.3, -0.25) is 4.79 Å². The molecule has 2 saturated heterocycles. The van der Waals surface area contributed by atoms with E-state index in [0.29, 0.717) is 58.5 Å². The average Bonchev–Trinajstić information content (AvgIpc) is 2.55. The Morgan fingerprint density at radius 2 is 1.61 bits per heavy atom. The standard InChI is InChI=1S/C15H25N3O5/c1-2-23-15(22)18-9-5-12(6-10-18)16-14(21)17-7-3-11(4-8-17)13(19)20/h11-12H,2-10H2,1H3,(H,16,21)(H,19,20). The largest absolute Gasteiger partial charge is 0.481 e. The van der Waals surface area contributed by atoms with Gasteiger partial charge in [-0.05, 0) is 32.6 Å². The highest BCUT2D eigenvalue weighted by molar-refractivity contribution is 5.75. The van der Waals surface area contributed by atoms with E-state index in [4.69, 9.17) is 9.84 Å². The molecular weight excluding hydrogens is 302 g/mol. The molecule has 23 heavy (non-hydrogen) atoms. The zero-order valence-electron chi connectivity index (χ0n) is 13.5. The molecule has 0 bridgehead atoms. The summed E-state index contributed by atoms with van der Waals surface area (Å²) in [7, 11) is 0. The quantitative estimate of drug-likeness (QED) is 0.809. The molecule has 0 atom stereocenters. The average molecular weight is 327 g/mol. The van der Waals surface area contributed by atoms with E-state index in [1.807, 2.05) is 0 Å². The number of piperidine rings is 2. The Morgan fingerprint density at radius 1 is 1.04 bits per heavy atom. The van der Waals surface area contributed by atoms with Gasteiger partial charge in [0.2, 0.25) is 0 Å². The van der Waals surface area contributed by atoms with Crippen LogP contribution in [0.25, 0.3) is 0 Å². The Labute approximate surface area is 135 Å². The number of carboxylic acids is 1. The highest BCUT2D eigenvalue weighted by atomic mass is 16.6. The lowest BCUT2D eigenvalue weighted by molar-refractivity contribution is -0.143. The molecule has 2 aliphatic heterocycles. The molecule has 3 amide bonds. The summed E-state index contributed by atoms with van der Waals surface area (Å²) >= 11 is 0. The molecule has 2 N–H and O–H groups in total. The first-order valence-corrected chi connectivity index (χ1v) is 8.21. The minimum absolute atomic E-state index is 0.0466. The summed E-state index contributed by atoms with van der Waals surface area (Å²) in [4.78, 5) is 38.1. The van der Waals surface area contributed by atoms with Crippen LogP contribution in [0.4, 0.5) is 9.59 Å². The third-order valence-electron chi connectivity index (χ3n) is 4.48. The molecule has 0 aromatic heterocycles. The van der Waals surface area contributed by atoms with Gasteiger partial charge in [0, 0.05) is 32.2 Å². The van der Waals surface area contributed by atoms with E-state index in [-0.39, 0.29) is 24.1 Å². The highest BCUT2D eigenvalue weighted by Crippen LogP contribution is 2.18. The van der Waals surface area contributed by atoms with E-state index in [2.05, 4.69) is 5.32 Å². The molecule has 0 aromatic carbocycles. The van der Waals surface area contributed by atoms with Gasteiger partial charge < -0.3 is 25.0 Å². The summed E-state index contributed by atoms with van der Waals surface area (Å²) in [5, 5.41) is 12.0. The van der Waals surface area contributed by atoms with Gasteiger partial charge in [-0.1, -0.05) is 0 Å². The molecule has 0 saturated carbocycles. The summed E-state index contributed by atoms with van der Waals surface area (Å²) in [6.45, 7) is 4.24. The van der Waals surface area contributed by atoms with Crippen LogP contribution in [0.1, 0.15) is 32.6 Å². The van der Waals surface area contributed by atoms with Crippen LogP contribution in [0.5, 0.6) is 0 Å². The van der Waals surface area contributed by atoms with Crippen molar-refractivity contribution < 1.29 is 24.2 Å². The van der Waals surface area contributed by atoms with Gasteiger partial charge >= 0.3 is 18.1 Å². The second-order valence-electron chi connectivity index (χ2n) is 6.01. The molecule has 2 fully saturated rings. The second-order valence-corrected chi connectivity index (χ2v) is 6.01. The molecule has 8 heteroatoms. The number of ether oxygens (including phenoxy) is 1. The summed E-state index contributed by atoms with van der Waals surface area (Å²) in [5.41, 5.74) is 0. The first-order valence-electron chi connectivity index (χ1n) is 8.21. The lowest BCUT2D eigenvalue weighted by atomic mass is 9.97. The number of aliphatic carboxylic acids is 1. The molecule has 2 rings (SSSR count). The van der Waals surface area contributed by atoms with Gasteiger partial charge in [-0.25, -0.2) is 9.59 Å². The Balaban J connectivity index is 1.71. The number of urea groups is 1. The topological polar surface area (TPSA) is 99.2 Å². The number of nitrogens with zero attached hydrogens (tertiary/aromatic N) is 2. The Bertz CT molecular complexity index is 440. The van der Waals surface area contributed by atoms with Crippen LogP contribution in [0.3, 0.4) is 0 Å². The summed E-state index contributed by atoms with van der Waals surface area (Å²) in [6, 6.07) is -0.0891. The van der Waals surface area contributed by atoms with Gasteiger partial charge in [0.05, 0.1) is 12.5 Å². The van der Waals surface area contributed by atoms with Gasteiger partial charge in [0.15, 0.2) is 0 Å². The zero-order chi connectivity index (χ0) is 16.8. The fraction of sp³-hybridized carbons (Fsp3) is 0.800. The maximum absolute atomic E-state index is 12.2. The van der Waals surface area contributed by atoms with Crippen molar-refractivity contribution in [3.05, 3.63) is 0 Å². The second kappa shape index (κ2) is 8.03. The smallest absolute Gasteiger partial charge is 0.409 e. The summed E-state index contributed by atoms with van der Waals surface area (Å²) in [6.07, 6.45) is 2.12. The summed E-state index contributed by atoms with van der Waals surface area (Å²) < 4.78 is 4.97. The first kappa shape index (κ1) is 17.4. The SMILES string of the molecule is CCOC(=O)N1CCC(NC(=O)N2CCC(C(=O)O)CC2)CC1. The van der Waals surface area contributed by atoms with Crippen LogP contribution in [-0.4, -0.2) is 71.8 Å². The van der Waals surface area contributed by atoms with Gasteiger partial charge in [0.1, 0.15) is 0 Å². The van der Waals surface area contributed by atoms with E-state index < -0.39 is 5.97 Å². The number of hydrogen-bond acceptors (Lipinski definition) is 4. The van der Waals surface area contributed by atoms with E-state index >= 15 is 0 Å². The van der Waals surface area contributed by atoms with E-state index in [1.165, 1.54) is 0 Å². The number of rotatable bonds is 3. The third kappa shape index (κ3) is 4.74. The molecule has 0 aliphatic carbocycles. The number of nitrogens with one attached hydrogen (secondary N) is 1. The number of amides is 3. The zero-order valence-corrected chi connectivity index (χ0v) is 13.5. The Morgan fingerprint density at radius 3 is 2.13 bits per heavy atom. The van der Waals surface area contributed by atoms with Gasteiger partial charge in [-0.15, -0.1) is 0 Å². The molecule has 8 nitrogen and oxygen atoms in total. The van der Waals surface area contributed by atoms with E-state index in [1.54, 1.807) is 16.7 Å². The number of carboxylic acid groups (broad SMARTS) is 1. The van der Waals surface area contributed by atoms with Crippen molar-refractivity contribution in [2.24, 2.45) is 5.92 Å². The fourth-order valence-corrected chi connectivity index (χ4v) is 3.02. The van der Waals surface area contributed by atoms with Crippen LogP contribution < -0.4 is 5.32 Å². The first-order chi connectivity index (χ1) is 11.0. The monoisotopic (exact) mass is 327 g/mol. The summed E-state index contributed by atoms with van der Waals surface area (Å²) in [5.74, 6) is -1.12. The molecule has 2 heterocycles. The fourth-order valence-electron chi connectivity index (χ4n) is 3.02. The van der Waals surface area contributed by atoms with Crippen molar-refractivity contribution >= 4 is 18.1 Å². The van der Waals surface area contributed by atoms with Crippen molar-refractivity contribution in [2.75, 3.05) is 32.8 Å². The van der Waals surface area contributed by atoms with E-state index in [0.717, 1.165) is 0 Å². The van der Waals surface area contributed by atoms with Crippen LogP contribution in [0.2, 0.25) is 0 Å². The number of hydrogen-bond donors (Lipinski definition) is 2. The maximum atomic E-state index is 12.2. The lowest BCUT2D eigenvalue weighted by Gasteiger charge is -2.35. The van der Waals surface area contributed by atoms with Crippen molar-refractivity contribution in [3.8, 4) is 0 Å². The minimum atomic E-state index is -0.781. The molecule has 0 unspecified atom stereocenters. The maximum Gasteiger partial charge on any atom is 0.409 e. The van der Waals surface area contributed by atoms with E-state index in [9.17, 15) is 14.4 Å². The van der Waals surface area contributed by atoms with Crippen molar-refractivity contribution in [1.82, 2.24) is 15.1 Å². The normalized spacial score (nSPS) is 20.2. The highest BCUT2D eigenvalue weighted by Gasteiger charge is 2.29. The molecule has 130 valence electrons. The van der Waals surface area contributed by atoms with Crippen LogP contribution >= 0.6 is 0 Å². The molecule has 0 spiro atoms.